The number of likely N-dealkylation sites (N-methyl/N-ethyl adjacent to an activating group) is 1. The zero-order chi connectivity index (χ0) is 23.5. The maximum absolute atomic E-state index is 12.7. The first kappa shape index (κ1) is 21.4. The topological polar surface area (TPSA) is 84.1 Å². The van der Waals surface area contributed by atoms with Crippen LogP contribution in [-0.4, -0.2) is 52.3 Å². The number of aliphatic imine (C=N–C) groups is 1. The Bertz CT molecular complexity index is 1390. The summed E-state index contributed by atoms with van der Waals surface area (Å²) >= 11 is 0. The van der Waals surface area contributed by atoms with Crippen LogP contribution in [0.1, 0.15) is 16.8 Å². The van der Waals surface area contributed by atoms with E-state index in [-0.39, 0.29) is 5.91 Å². The molecule has 0 atom stereocenters. The number of amides is 1. The molecule has 0 saturated heterocycles. The normalized spacial score (nSPS) is 12.6. The number of pyridine rings is 1. The first-order valence-corrected chi connectivity index (χ1v) is 10.9. The smallest absolute Gasteiger partial charge is 0.253 e. The van der Waals surface area contributed by atoms with Gasteiger partial charge in [-0.15, -0.1) is 5.10 Å². The van der Waals surface area contributed by atoms with E-state index in [4.69, 9.17) is 4.74 Å². The van der Waals surface area contributed by atoms with Crippen molar-refractivity contribution in [1.82, 2.24) is 19.5 Å². The minimum atomic E-state index is -0.0330. The molecule has 8 heteroatoms. The summed E-state index contributed by atoms with van der Waals surface area (Å²) in [5, 5.41) is 7.87. The average molecular weight is 453 g/mol. The highest BCUT2D eigenvalue weighted by molar-refractivity contribution is 5.94. The molecule has 34 heavy (non-hydrogen) atoms. The second-order valence-corrected chi connectivity index (χ2v) is 8.03. The molecule has 4 aromatic rings. The summed E-state index contributed by atoms with van der Waals surface area (Å²) in [7, 11) is 3.45. The first-order chi connectivity index (χ1) is 16.6. The molecule has 1 aliphatic rings. The van der Waals surface area contributed by atoms with Crippen LogP contribution in [0.15, 0.2) is 83.5 Å². The molecule has 3 heterocycles. The predicted octanol–water partition coefficient (Wildman–Crippen LogP) is 4.58. The zero-order valence-electron chi connectivity index (χ0n) is 19.0. The van der Waals surface area contributed by atoms with Crippen LogP contribution in [0, 0.1) is 0 Å². The van der Waals surface area contributed by atoms with Gasteiger partial charge in [0, 0.05) is 49.2 Å². The molecular weight excluding hydrogens is 428 g/mol. The number of nitrogens with one attached hydrogen (secondary N) is 1. The van der Waals surface area contributed by atoms with Gasteiger partial charge in [0.05, 0.1) is 12.8 Å². The van der Waals surface area contributed by atoms with Crippen LogP contribution in [0.4, 0.5) is 11.6 Å². The van der Waals surface area contributed by atoms with Gasteiger partial charge in [0.1, 0.15) is 5.75 Å². The molecule has 0 saturated carbocycles. The third kappa shape index (κ3) is 4.38. The van der Waals surface area contributed by atoms with E-state index in [1.54, 1.807) is 35.7 Å². The largest absolute Gasteiger partial charge is 0.497 e. The Labute approximate surface area is 197 Å². The van der Waals surface area contributed by atoms with Gasteiger partial charge in [-0.1, -0.05) is 6.07 Å². The number of nitrogens with zero attached hydrogens (tertiary/aromatic N) is 5. The molecule has 1 N–H and O–H groups in total. The van der Waals surface area contributed by atoms with Gasteiger partial charge in [-0.05, 0) is 66.2 Å². The van der Waals surface area contributed by atoms with Crippen molar-refractivity contribution in [2.24, 2.45) is 4.99 Å². The number of fused-ring (bicyclic) bond motifs is 1. The fourth-order valence-corrected chi connectivity index (χ4v) is 3.85. The van der Waals surface area contributed by atoms with E-state index in [0.717, 1.165) is 40.3 Å². The van der Waals surface area contributed by atoms with Gasteiger partial charge in [-0.2, -0.15) is 4.98 Å². The molecule has 170 valence electrons. The molecule has 0 fully saturated rings. The standard InChI is InChI=1S/C26H24N6O2/c1-31(17-18-14-15-27-16-18)25(33)20-6-10-21(11-7-20)28-26-29-24-5-3-4-23(32(24)30-26)19-8-12-22(34-2)13-9-19/h3-13,15-16H,14,17H2,1-2H3,(H,28,30). The molecule has 5 rings (SSSR count). The fourth-order valence-electron chi connectivity index (χ4n) is 3.85. The molecule has 2 aromatic carbocycles. The summed E-state index contributed by atoms with van der Waals surface area (Å²) in [6.45, 7) is 0.570. The maximum atomic E-state index is 12.7. The lowest BCUT2D eigenvalue weighted by atomic mass is 10.1. The van der Waals surface area contributed by atoms with E-state index >= 15 is 0 Å². The Morgan fingerprint density at radius 2 is 1.88 bits per heavy atom. The molecule has 0 aliphatic carbocycles. The van der Waals surface area contributed by atoms with Crippen LogP contribution in [0.5, 0.6) is 5.75 Å². The second-order valence-electron chi connectivity index (χ2n) is 8.03. The summed E-state index contributed by atoms with van der Waals surface area (Å²) in [6, 6.07) is 21.0. The van der Waals surface area contributed by atoms with Crippen molar-refractivity contribution in [3.63, 3.8) is 0 Å². The van der Waals surface area contributed by atoms with E-state index in [1.165, 1.54) is 0 Å². The van der Waals surface area contributed by atoms with Crippen molar-refractivity contribution in [2.75, 3.05) is 26.0 Å². The second kappa shape index (κ2) is 9.19. The lowest BCUT2D eigenvalue weighted by molar-refractivity contribution is 0.0806. The number of methoxy groups -OCH3 is 1. The third-order valence-corrected chi connectivity index (χ3v) is 5.64. The number of carbonyl (C=O) groups excluding carboxylic acids is 1. The number of hydrogen-bond donors (Lipinski definition) is 1. The summed E-state index contributed by atoms with van der Waals surface area (Å²) in [4.78, 5) is 23.1. The van der Waals surface area contributed by atoms with E-state index in [1.807, 2.05) is 67.0 Å². The van der Waals surface area contributed by atoms with Crippen molar-refractivity contribution >= 4 is 29.4 Å². The lowest BCUT2D eigenvalue weighted by Crippen LogP contribution is -2.28. The Morgan fingerprint density at radius 3 is 2.59 bits per heavy atom. The van der Waals surface area contributed by atoms with Gasteiger partial charge >= 0.3 is 0 Å². The highest BCUT2D eigenvalue weighted by atomic mass is 16.5. The predicted molar refractivity (Wildman–Crippen MR) is 133 cm³/mol. The number of carbonyl (C=O) groups is 1. The summed E-state index contributed by atoms with van der Waals surface area (Å²) in [5.41, 5.74) is 5.21. The Morgan fingerprint density at radius 1 is 1.09 bits per heavy atom. The van der Waals surface area contributed by atoms with E-state index in [9.17, 15) is 4.79 Å². The lowest BCUT2D eigenvalue weighted by Gasteiger charge is -2.17. The molecule has 2 aromatic heterocycles. The van der Waals surface area contributed by atoms with Crippen LogP contribution in [-0.2, 0) is 0 Å². The minimum Gasteiger partial charge on any atom is -0.497 e. The summed E-state index contributed by atoms with van der Waals surface area (Å²) in [5.74, 6) is 1.24. The van der Waals surface area contributed by atoms with E-state index in [2.05, 4.69) is 20.4 Å². The number of aromatic nitrogens is 3. The van der Waals surface area contributed by atoms with Crippen molar-refractivity contribution in [3.05, 3.63) is 84.1 Å². The molecule has 8 nitrogen and oxygen atoms in total. The van der Waals surface area contributed by atoms with Crippen molar-refractivity contribution in [2.45, 2.75) is 6.42 Å². The van der Waals surface area contributed by atoms with Gasteiger partial charge in [-0.3, -0.25) is 9.79 Å². The van der Waals surface area contributed by atoms with Crippen molar-refractivity contribution < 1.29 is 9.53 Å². The summed E-state index contributed by atoms with van der Waals surface area (Å²) < 4.78 is 7.06. The fraction of sp³-hybridized carbons (Fsp3) is 0.154. The molecular formula is C26H24N6O2. The van der Waals surface area contributed by atoms with Gasteiger partial charge < -0.3 is 15.0 Å². The number of ether oxygens (including phenoxy) is 1. The SMILES string of the molecule is COc1ccc(-c2cccc3nc(Nc4ccc(C(=O)N(C)CC5=CN=CC5)cc4)nn23)cc1. The molecule has 1 amide bonds. The Kier molecular flexibility index (Phi) is 5.78. The maximum Gasteiger partial charge on any atom is 0.253 e. The number of anilines is 2. The number of hydrogen-bond acceptors (Lipinski definition) is 6. The third-order valence-electron chi connectivity index (χ3n) is 5.64. The molecule has 0 radical (unpaired) electrons. The van der Waals surface area contributed by atoms with E-state index < -0.39 is 0 Å². The van der Waals surface area contributed by atoms with Crippen LogP contribution >= 0.6 is 0 Å². The van der Waals surface area contributed by atoms with Gasteiger partial charge in [0.15, 0.2) is 5.65 Å². The van der Waals surface area contributed by atoms with Gasteiger partial charge in [-0.25, -0.2) is 4.52 Å². The molecule has 0 bridgehead atoms. The van der Waals surface area contributed by atoms with Crippen LogP contribution in [0.25, 0.3) is 16.9 Å². The first-order valence-electron chi connectivity index (χ1n) is 10.9. The van der Waals surface area contributed by atoms with Crippen molar-refractivity contribution in [3.8, 4) is 17.0 Å². The summed E-state index contributed by atoms with van der Waals surface area (Å²) in [6.07, 6.45) is 4.47. The van der Waals surface area contributed by atoms with Crippen molar-refractivity contribution in [1.29, 1.82) is 0 Å². The highest BCUT2D eigenvalue weighted by Crippen LogP contribution is 2.24. The monoisotopic (exact) mass is 452 g/mol. The van der Waals surface area contributed by atoms with E-state index in [0.29, 0.717) is 18.1 Å². The average Bonchev–Trinajstić information content (AvgIpc) is 3.53. The highest BCUT2D eigenvalue weighted by Gasteiger charge is 2.14. The number of rotatable bonds is 7. The molecule has 0 unspecified atom stereocenters. The zero-order valence-corrected chi connectivity index (χ0v) is 19.0. The number of benzene rings is 2. The van der Waals surface area contributed by atoms with Crippen LogP contribution in [0.3, 0.4) is 0 Å². The minimum absolute atomic E-state index is 0.0330. The Balaban J connectivity index is 1.31. The van der Waals surface area contributed by atoms with Crippen LogP contribution in [0.2, 0.25) is 0 Å². The van der Waals surface area contributed by atoms with Gasteiger partial charge in [0.25, 0.3) is 5.91 Å². The Hall–Kier alpha value is -4.46. The van der Waals surface area contributed by atoms with Crippen LogP contribution < -0.4 is 10.1 Å². The molecule has 0 spiro atoms. The molecule has 1 aliphatic heterocycles. The van der Waals surface area contributed by atoms with Gasteiger partial charge in [0.2, 0.25) is 5.95 Å². The quantitative estimate of drug-likeness (QED) is 0.444.